The van der Waals surface area contributed by atoms with Crippen LogP contribution in [0.4, 0.5) is 0 Å². The van der Waals surface area contributed by atoms with Crippen molar-refractivity contribution in [2.24, 2.45) is 5.92 Å². The van der Waals surface area contributed by atoms with E-state index in [0.717, 1.165) is 12.2 Å². The Kier molecular flexibility index (Phi) is 6.74. The molecule has 140 valence electrons. The molecule has 0 spiro atoms. The van der Waals surface area contributed by atoms with Crippen LogP contribution in [0.15, 0.2) is 56.9 Å². The number of rotatable bonds is 7. The molecule has 3 rings (SSSR count). The van der Waals surface area contributed by atoms with E-state index >= 15 is 0 Å². The minimum Gasteiger partial charge on any atom is -0.355 e. The van der Waals surface area contributed by atoms with Crippen molar-refractivity contribution in [1.29, 1.82) is 0 Å². The monoisotopic (exact) mass is 410 g/mol. The number of thioether (sulfide) groups is 1. The fourth-order valence-corrected chi connectivity index (χ4v) is 6.37. The Morgan fingerprint density at radius 3 is 2.77 bits per heavy atom. The number of thiophene rings is 1. The summed E-state index contributed by atoms with van der Waals surface area (Å²) in [4.78, 5) is 13.6. The van der Waals surface area contributed by atoms with Crippen molar-refractivity contribution in [3.63, 3.8) is 0 Å². The van der Waals surface area contributed by atoms with Crippen molar-refractivity contribution in [2.75, 3.05) is 25.4 Å². The molecule has 0 bridgehead atoms. The van der Waals surface area contributed by atoms with Gasteiger partial charge in [-0.1, -0.05) is 24.3 Å². The van der Waals surface area contributed by atoms with Crippen LogP contribution in [0, 0.1) is 5.92 Å². The van der Waals surface area contributed by atoms with Crippen molar-refractivity contribution in [1.82, 2.24) is 9.62 Å². The number of hydrogen-bond acceptors (Lipinski definition) is 5. The maximum absolute atomic E-state index is 12.6. The highest BCUT2D eigenvalue weighted by Gasteiger charge is 2.33. The number of carbonyl (C=O) groups excluding carboxylic acids is 1. The lowest BCUT2D eigenvalue weighted by Crippen LogP contribution is -2.45. The SMILES string of the molecule is O=C(NCCSc1ccccc1)C1CCCN(S(=O)(=O)c2cccs2)C1. The van der Waals surface area contributed by atoms with Gasteiger partial charge in [0.1, 0.15) is 4.21 Å². The fourth-order valence-electron chi connectivity index (χ4n) is 2.92. The van der Waals surface area contributed by atoms with Crippen molar-refractivity contribution in [2.45, 2.75) is 21.9 Å². The molecule has 2 aromatic rings. The van der Waals surface area contributed by atoms with E-state index in [1.807, 2.05) is 30.3 Å². The van der Waals surface area contributed by atoms with E-state index in [1.54, 1.807) is 29.3 Å². The van der Waals surface area contributed by atoms with E-state index < -0.39 is 10.0 Å². The van der Waals surface area contributed by atoms with Crippen molar-refractivity contribution >= 4 is 39.0 Å². The van der Waals surface area contributed by atoms with Crippen LogP contribution in [-0.2, 0) is 14.8 Å². The van der Waals surface area contributed by atoms with Crippen LogP contribution >= 0.6 is 23.1 Å². The fraction of sp³-hybridized carbons (Fsp3) is 0.389. The van der Waals surface area contributed by atoms with Crippen molar-refractivity contribution in [3.8, 4) is 0 Å². The van der Waals surface area contributed by atoms with Gasteiger partial charge >= 0.3 is 0 Å². The highest BCUT2D eigenvalue weighted by atomic mass is 32.2. The molecule has 0 saturated carbocycles. The Bertz CT molecular complexity index is 807. The van der Waals surface area contributed by atoms with Gasteiger partial charge in [0.15, 0.2) is 0 Å². The number of amides is 1. The predicted octanol–water partition coefficient (Wildman–Crippen LogP) is 3.06. The van der Waals surface area contributed by atoms with E-state index in [0.29, 0.717) is 23.7 Å². The first-order valence-electron chi connectivity index (χ1n) is 8.56. The summed E-state index contributed by atoms with van der Waals surface area (Å²) in [6.45, 7) is 1.32. The Hall–Kier alpha value is -1.35. The molecule has 8 heteroatoms. The first kappa shape index (κ1) is 19.4. The molecule has 1 amide bonds. The second-order valence-electron chi connectivity index (χ2n) is 6.09. The van der Waals surface area contributed by atoms with Crippen LogP contribution in [0.2, 0.25) is 0 Å². The van der Waals surface area contributed by atoms with E-state index in [9.17, 15) is 13.2 Å². The molecule has 1 unspecified atom stereocenters. The van der Waals surface area contributed by atoms with Gasteiger partial charge in [0.05, 0.1) is 5.92 Å². The van der Waals surface area contributed by atoms with E-state index in [1.165, 1.54) is 20.5 Å². The molecule has 1 saturated heterocycles. The van der Waals surface area contributed by atoms with Gasteiger partial charge in [0, 0.05) is 30.3 Å². The molecule has 1 aromatic heterocycles. The number of sulfonamides is 1. The normalized spacial score (nSPS) is 18.5. The number of nitrogens with one attached hydrogen (secondary N) is 1. The molecule has 5 nitrogen and oxygen atoms in total. The van der Waals surface area contributed by atoms with E-state index in [2.05, 4.69) is 5.32 Å². The molecule has 1 fully saturated rings. The van der Waals surface area contributed by atoms with Gasteiger partial charge in [-0.25, -0.2) is 8.42 Å². The molecule has 1 aromatic carbocycles. The molecule has 2 heterocycles. The Morgan fingerprint density at radius 2 is 2.04 bits per heavy atom. The van der Waals surface area contributed by atoms with Crippen LogP contribution in [0.25, 0.3) is 0 Å². The van der Waals surface area contributed by atoms with Gasteiger partial charge in [-0.3, -0.25) is 4.79 Å². The van der Waals surface area contributed by atoms with Crippen LogP contribution < -0.4 is 5.32 Å². The summed E-state index contributed by atoms with van der Waals surface area (Å²) < 4.78 is 27.1. The topological polar surface area (TPSA) is 66.5 Å². The number of hydrogen-bond donors (Lipinski definition) is 1. The van der Waals surface area contributed by atoms with Crippen LogP contribution in [-0.4, -0.2) is 44.0 Å². The lowest BCUT2D eigenvalue weighted by molar-refractivity contribution is -0.125. The molecule has 1 aliphatic heterocycles. The number of benzene rings is 1. The summed E-state index contributed by atoms with van der Waals surface area (Å²) in [6, 6.07) is 13.4. The molecule has 1 N–H and O–H groups in total. The van der Waals surface area contributed by atoms with Gasteiger partial charge < -0.3 is 5.32 Å². The highest BCUT2D eigenvalue weighted by Crippen LogP contribution is 2.26. The molecule has 0 aliphatic carbocycles. The molecular formula is C18H22N2O3S3. The summed E-state index contributed by atoms with van der Waals surface area (Å²) in [6.07, 6.45) is 1.44. The number of carbonyl (C=O) groups is 1. The third-order valence-electron chi connectivity index (χ3n) is 4.26. The zero-order valence-corrected chi connectivity index (χ0v) is 16.8. The van der Waals surface area contributed by atoms with Gasteiger partial charge in [-0.15, -0.1) is 23.1 Å². The number of nitrogens with zero attached hydrogens (tertiary/aromatic N) is 1. The van der Waals surface area contributed by atoms with Gasteiger partial charge in [-0.2, -0.15) is 4.31 Å². The first-order chi connectivity index (χ1) is 12.6. The minimum absolute atomic E-state index is 0.0512. The quantitative estimate of drug-likeness (QED) is 0.563. The van der Waals surface area contributed by atoms with Gasteiger partial charge in [0.2, 0.25) is 5.91 Å². The molecule has 1 aliphatic rings. The third kappa shape index (κ3) is 4.88. The van der Waals surface area contributed by atoms with Crippen molar-refractivity contribution in [3.05, 3.63) is 47.8 Å². The van der Waals surface area contributed by atoms with Gasteiger partial charge in [-0.05, 0) is 36.4 Å². The van der Waals surface area contributed by atoms with E-state index in [-0.39, 0.29) is 18.4 Å². The first-order valence-corrected chi connectivity index (χ1v) is 11.9. The van der Waals surface area contributed by atoms with E-state index in [4.69, 9.17) is 0 Å². The lowest BCUT2D eigenvalue weighted by atomic mass is 9.99. The summed E-state index contributed by atoms with van der Waals surface area (Å²) in [5, 5.41) is 4.71. The highest BCUT2D eigenvalue weighted by molar-refractivity contribution is 7.99. The summed E-state index contributed by atoms with van der Waals surface area (Å²) >= 11 is 2.91. The van der Waals surface area contributed by atoms with Crippen LogP contribution in [0.1, 0.15) is 12.8 Å². The summed E-state index contributed by atoms with van der Waals surface area (Å²) in [5.41, 5.74) is 0. The molecule has 1 atom stereocenters. The van der Waals surface area contributed by atoms with Crippen LogP contribution in [0.5, 0.6) is 0 Å². The lowest BCUT2D eigenvalue weighted by Gasteiger charge is -2.30. The smallest absolute Gasteiger partial charge is 0.252 e. The summed E-state index contributed by atoms with van der Waals surface area (Å²) in [5.74, 6) is 0.463. The minimum atomic E-state index is -3.48. The molecule has 0 radical (unpaired) electrons. The van der Waals surface area contributed by atoms with Crippen molar-refractivity contribution < 1.29 is 13.2 Å². The maximum atomic E-state index is 12.6. The van der Waals surface area contributed by atoms with Crippen LogP contribution in [0.3, 0.4) is 0 Å². The average molecular weight is 411 g/mol. The Morgan fingerprint density at radius 1 is 1.23 bits per heavy atom. The Balaban J connectivity index is 1.49. The Labute approximate surface area is 162 Å². The average Bonchev–Trinajstić information content (AvgIpc) is 3.22. The zero-order chi connectivity index (χ0) is 18.4. The molecular weight excluding hydrogens is 388 g/mol. The zero-order valence-electron chi connectivity index (χ0n) is 14.3. The summed E-state index contributed by atoms with van der Waals surface area (Å²) in [7, 11) is -3.48. The second kappa shape index (κ2) is 9.03. The van der Waals surface area contributed by atoms with Gasteiger partial charge in [0.25, 0.3) is 10.0 Å². The standard InChI is InChI=1S/C18H22N2O3S3/c21-18(19-10-13-24-16-7-2-1-3-8-16)15-6-4-11-20(14-15)26(22,23)17-9-5-12-25-17/h1-3,5,7-9,12,15H,4,6,10-11,13-14H2,(H,19,21). The largest absolute Gasteiger partial charge is 0.355 e. The number of piperidine rings is 1. The molecule has 26 heavy (non-hydrogen) atoms. The third-order valence-corrected chi connectivity index (χ3v) is 8.51. The second-order valence-corrected chi connectivity index (χ2v) is 10.4. The maximum Gasteiger partial charge on any atom is 0.252 e. The predicted molar refractivity (Wildman–Crippen MR) is 106 cm³/mol.